The molecule has 0 amide bonds. The normalized spacial score (nSPS) is 18.6. The summed E-state index contributed by atoms with van der Waals surface area (Å²) >= 11 is 3.78. The SMILES string of the molecule is C=C/C=C(/C=C\C(=C\C=C)c1c2ccccc2c(/C2=C/C=C\C/C=C\C=C/C2)c2ccccc12)C(\C)=C\C=C1/Cc2cc3cc4c(cc3cc2S1)sc1ccccc14. The van der Waals surface area contributed by atoms with E-state index >= 15 is 0 Å². The number of thioether (sulfide) groups is 1. The van der Waals surface area contributed by atoms with E-state index in [1.54, 1.807) is 0 Å². The molecular weight excluding hydrogens is 737 g/mol. The average molecular weight is 781 g/mol. The molecule has 6 aromatic carbocycles. The van der Waals surface area contributed by atoms with Crippen LogP contribution >= 0.6 is 23.1 Å². The van der Waals surface area contributed by atoms with Crippen LogP contribution in [0.4, 0.5) is 0 Å². The Morgan fingerprint density at radius 1 is 0.638 bits per heavy atom. The van der Waals surface area contributed by atoms with Gasteiger partial charge in [0.25, 0.3) is 0 Å². The summed E-state index contributed by atoms with van der Waals surface area (Å²) in [6, 6.07) is 36.0. The van der Waals surface area contributed by atoms with E-state index in [-0.39, 0.29) is 0 Å². The van der Waals surface area contributed by atoms with Crippen LogP contribution in [0, 0.1) is 0 Å². The van der Waals surface area contributed by atoms with Gasteiger partial charge in [0.05, 0.1) is 0 Å². The molecule has 1 aliphatic heterocycles. The van der Waals surface area contributed by atoms with Crippen LogP contribution in [-0.4, -0.2) is 0 Å². The molecule has 2 heteroatoms. The monoisotopic (exact) mass is 780 g/mol. The molecule has 0 N–H and O–H groups in total. The van der Waals surface area contributed by atoms with Gasteiger partial charge in [0.2, 0.25) is 0 Å². The van der Waals surface area contributed by atoms with Gasteiger partial charge in [0, 0.05) is 31.5 Å². The molecule has 0 nitrogen and oxygen atoms in total. The second-order valence-electron chi connectivity index (χ2n) is 14.8. The first kappa shape index (κ1) is 37.4. The Hall–Kier alpha value is -6.19. The van der Waals surface area contributed by atoms with Crippen molar-refractivity contribution in [3.05, 3.63) is 234 Å². The van der Waals surface area contributed by atoms with Crippen LogP contribution < -0.4 is 0 Å². The number of benzene rings is 6. The van der Waals surface area contributed by atoms with Gasteiger partial charge in [-0.3, -0.25) is 0 Å². The highest BCUT2D eigenvalue weighted by Crippen LogP contribution is 2.45. The predicted molar refractivity (Wildman–Crippen MR) is 260 cm³/mol. The lowest BCUT2D eigenvalue weighted by Gasteiger charge is -2.19. The Kier molecular flexibility index (Phi) is 10.8. The fourth-order valence-electron chi connectivity index (χ4n) is 8.34. The standard InChI is InChI=1S/C56H44S2/c1-4-19-39(38(3)29-32-45-34-44-33-42-35-51-46-23-17-18-28-52(46)58-54(51)37-43(42)36-53(44)57-45)30-31-40(20-5-2)55-47-24-13-15-26-49(47)56(50-27-16-14-25-48(50)55)41-21-11-9-7-6-8-10-12-22-41/h4-7,9-20,22-33,35-37H,1-2,8,21,34H2,3H3/b7-6-,11-9-,12-10-,31-30-,38-29+,39-19-,40-20-,41-22+,45-32+. The highest BCUT2D eigenvalue weighted by Gasteiger charge is 2.19. The molecule has 0 saturated carbocycles. The van der Waals surface area contributed by atoms with E-state index in [9.17, 15) is 0 Å². The zero-order valence-electron chi connectivity index (χ0n) is 32.7. The Bertz CT molecular complexity index is 3030. The van der Waals surface area contributed by atoms with Gasteiger partial charge in [0.1, 0.15) is 0 Å². The largest absolute Gasteiger partial charge is 0.135 e. The van der Waals surface area contributed by atoms with Crippen LogP contribution in [-0.2, 0) is 6.42 Å². The van der Waals surface area contributed by atoms with E-state index in [1.807, 2.05) is 35.3 Å². The summed E-state index contributed by atoms with van der Waals surface area (Å²) in [5, 5.41) is 10.3. The number of rotatable bonds is 8. The van der Waals surface area contributed by atoms with Gasteiger partial charge in [0.15, 0.2) is 0 Å². The van der Waals surface area contributed by atoms with Crippen molar-refractivity contribution in [1.29, 1.82) is 0 Å². The maximum absolute atomic E-state index is 4.15. The molecule has 0 unspecified atom stereocenters. The van der Waals surface area contributed by atoms with Gasteiger partial charge in [-0.1, -0.05) is 183 Å². The van der Waals surface area contributed by atoms with Crippen molar-refractivity contribution in [2.75, 3.05) is 0 Å². The third kappa shape index (κ3) is 7.38. The van der Waals surface area contributed by atoms with E-state index in [0.29, 0.717) is 0 Å². The minimum Gasteiger partial charge on any atom is -0.135 e. The molecule has 0 spiro atoms. The lowest BCUT2D eigenvalue weighted by Crippen LogP contribution is -1.96. The van der Waals surface area contributed by atoms with Crippen LogP contribution in [0.15, 0.2) is 222 Å². The summed E-state index contributed by atoms with van der Waals surface area (Å²) in [6.45, 7) is 10.4. The maximum Gasteiger partial charge on any atom is 0.0361 e. The van der Waals surface area contributed by atoms with Crippen molar-refractivity contribution >= 4 is 86.7 Å². The van der Waals surface area contributed by atoms with Crippen molar-refractivity contribution in [1.82, 2.24) is 0 Å². The second-order valence-corrected chi connectivity index (χ2v) is 17.1. The molecule has 7 aromatic rings. The molecule has 280 valence electrons. The van der Waals surface area contributed by atoms with Gasteiger partial charge in [-0.15, -0.1) is 11.3 Å². The molecule has 9 rings (SSSR count). The van der Waals surface area contributed by atoms with Crippen LogP contribution in [0.3, 0.4) is 0 Å². The highest BCUT2D eigenvalue weighted by atomic mass is 32.2. The summed E-state index contributed by atoms with van der Waals surface area (Å²) in [5.74, 6) is 0. The van der Waals surface area contributed by atoms with Crippen LogP contribution in [0.25, 0.3) is 63.6 Å². The van der Waals surface area contributed by atoms with Gasteiger partial charge >= 0.3 is 0 Å². The van der Waals surface area contributed by atoms with Crippen LogP contribution in [0.2, 0.25) is 0 Å². The number of hydrogen-bond acceptors (Lipinski definition) is 2. The minimum absolute atomic E-state index is 0.854. The number of hydrogen-bond donors (Lipinski definition) is 0. The topological polar surface area (TPSA) is 0 Å². The summed E-state index contributed by atoms with van der Waals surface area (Å²) in [7, 11) is 0. The smallest absolute Gasteiger partial charge is 0.0361 e. The van der Waals surface area contributed by atoms with E-state index < -0.39 is 0 Å². The Morgan fingerprint density at radius 2 is 1.33 bits per heavy atom. The number of thiophene rings is 1. The first-order valence-electron chi connectivity index (χ1n) is 20.0. The Labute approximate surface area is 350 Å². The molecule has 0 fully saturated rings. The molecule has 1 aromatic heterocycles. The van der Waals surface area contributed by atoms with Crippen LogP contribution in [0.1, 0.15) is 36.5 Å². The molecular formula is C56H44S2. The minimum atomic E-state index is 0.854. The van der Waals surface area contributed by atoms with Gasteiger partial charge in [-0.05, 0) is 126 Å². The van der Waals surface area contributed by atoms with E-state index in [4.69, 9.17) is 0 Å². The molecule has 0 radical (unpaired) electrons. The third-order valence-corrected chi connectivity index (χ3v) is 13.4. The Balaban J connectivity index is 1.04. The van der Waals surface area contributed by atoms with Crippen molar-refractivity contribution in [2.24, 2.45) is 0 Å². The molecule has 1 aliphatic carbocycles. The third-order valence-electron chi connectivity index (χ3n) is 11.1. The van der Waals surface area contributed by atoms with Crippen molar-refractivity contribution in [3.63, 3.8) is 0 Å². The fraction of sp³-hybridized carbons (Fsp3) is 0.0714. The van der Waals surface area contributed by atoms with Gasteiger partial charge in [-0.25, -0.2) is 0 Å². The van der Waals surface area contributed by atoms with Gasteiger partial charge in [-0.2, -0.15) is 0 Å². The molecule has 58 heavy (non-hydrogen) atoms. The van der Waals surface area contributed by atoms with E-state index in [0.717, 1.165) is 30.4 Å². The average Bonchev–Trinajstić information content (AvgIpc) is 3.83. The zero-order valence-corrected chi connectivity index (χ0v) is 34.4. The van der Waals surface area contributed by atoms with E-state index in [2.05, 4.69) is 196 Å². The predicted octanol–water partition coefficient (Wildman–Crippen LogP) is 16.8. The zero-order chi connectivity index (χ0) is 39.4. The summed E-state index contributed by atoms with van der Waals surface area (Å²) in [4.78, 5) is 2.72. The molecule has 2 aliphatic rings. The molecule has 0 bridgehead atoms. The fourth-order valence-corrected chi connectivity index (χ4v) is 10.6. The number of allylic oxidation sites excluding steroid dienone is 20. The van der Waals surface area contributed by atoms with Crippen molar-refractivity contribution in [3.8, 4) is 0 Å². The summed E-state index contributed by atoms with van der Waals surface area (Å²) in [6.07, 6.45) is 35.3. The van der Waals surface area contributed by atoms with Gasteiger partial charge < -0.3 is 0 Å². The maximum atomic E-state index is 4.15. The lowest BCUT2D eigenvalue weighted by atomic mass is 9.84. The van der Waals surface area contributed by atoms with Crippen molar-refractivity contribution < 1.29 is 0 Å². The Morgan fingerprint density at radius 3 is 2.10 bits per heavy atom. The van der Waals surface area contributed by atoms with E-state index in [1.165, 1.54) is 90.1 Å². The molecule has 0 atom stereocenters. The highest BCUT2D eigenvalue weighted by molar-refractivity contribution is 8.03. The molecule has 0 saturated heterocycles. The van der Waals surface area contributed by atoms with Crippen molar-refractivity contribution in [2.45, 2.75) is 31.1 Å². The lowest BCUT2D eigenvalue weighted by molar-refractivity contribution is 1.22. The van der Waals surface area contributed by atoms with Crippen LogP contribution in [0.5, 0.6) is 0 Å². The summed E-state index contributed by atoms with van der Waals surface area (Å²) in [5.41, 5.74) is 8.63. The summed E-state index contributed by atoms with van der Waals surface area (Å²) < 4.78 is 2.70. The second kappa shape index (κ2) is 16.7. The quantitative estimate of drug-likeness (QED) is 0.109. The number of fused-ring (bicyclic) bond motifs is 7. The first-order chi connectivity index (χ1) is 28.6. The molecule has 2 heterocycles. The first-order valence-corrected chi connectivity index (χ1v) is 21.6.